The summed E-state index contributed by atoms with van der Waals surface area (Å²) in [7, 11) is 0. The highest BCUT2D eigenvalue weighted by Crippen LogP contribution is 2.70. The Balaban J connectivity index is 2.63. The van der Waals surface area contributed by atoms with Crippen LogP contribution in [0.5, 0.6) is 0 Å². The van der Waals surface area contributed by atoms with Crippen molar-refractivity contribution < 1.29 is 62.9 Å². The highest BCUT2D eigenvalue weighted by atomic mass is 19.4. The van der Waals surface area contributed by atoms with Crippen molar-refractivity contribution >= 4 is 5.97 Å². The molecule has 0 aromatic heterocycles. The van der Waals surface area contributed by atoms with Crippen molar-refractivity contribution in [3.63, 3.8) is 0 Å². The molecule has 14 heteroatoms. The Morgan fingerprint density at radius 3 is 1.67 bits per heavy atom. The highest BCUT2D eigenvalue weighted by Gasteiger charge is 3.01. The van der Waals surface area contributed by atoms with Gasteiger partial charge in [0.15, 0.2) is 5.60 Å². The minimum atomic E-state index is -7.38. The summed E-state index contributed by atoms with van der Waals surface area (Å²) < 4.78 is 158. The Labute approximate surface area is 179 Å². The van der Waals surface area contributed by atoms with Gasteiger partial charge in [-0.1, -0.05) is 30.3 Å². The lowest BCUT2D eigenvalue weighted by Crippen LogP contribution is -2.84. The fourth-order valence-electron chi connectivity index (χ4n) is 3.44. The molecular weight excluding hydrogens is 485 g/mol. The van der Waals surface area contributed by atoms with Crippen molar-refractivity contribution in [2.75, 3.05) is 6.61 Å². The van der Waals surface area contributed by atoms with Crippen LogP contribution in [0.2, 0.25) is 0 Å². The van der Waals surface area contributed by atoms with Crippen molar-refractivity contribution in [1.82, 2.24) is 0 Å². The van der Waals surface area contributed by atoms with E-state index < -0.39 is 72.7 Å². The van der Waals surface area contributed by atoms with Crippen LogP contribution in [0.15, 0.2) is 30.3 Å². The predicted octanol–water partition coefficient (Wildman–Crippen LogP) is 5.20. The lowest BCUT2D eigenvalue weighted by molar-refractivity contribution is -0.487. The Morgan fingerprint density at radius 2 is 1.24 bits per heavy atom. The predicted molar refractivity (Wildman–Crippen MR) is 89.5 cm³/mol. The van der Waals surface area contributed by atoms with E-state index in [1.807, 2.05) is 0 Å². The van der Waals surface area contributed by atoms with Gasteiger partial charge in [0, 0.05) is 6.42 Å². The van der Waals surface area contributed by atoms with E-state index in [1.54, 1.807) is 0 Å². The Hall–Kier alpha value is -2.12. The topological polar surface area (TPSA) is 46.5 Å². The van der Waals surface area contributed by atoms with Gasteiger partial charge in [-0.15, -0.1) is 0 Å². The Kier molecular flexibility index (Phi) is 6.56. The number of carbonyl (C=O) groups is 1. The molecule has 3 nitrogen and oxygen atoms in total. The Bertz CT molecular complexity index is 843. The molecule has 1 aliphatic carbocycles. The van der Waals surface area contributed by atoms with Crippen LogP contribution in [0.25, 0.3) is 0 Å². The van der Waals surface area contributed by atoms with Gasteiger partial charge in [-0.25, -0.2) is 9.18 Å². The van der Waals surface area contributed by atoms with Gasteiger partial charge in [-0.3, -0.25) is 0 Å². The van der Waals surface area contributed by atoms with E-state index in [0.29, 0.717) is 0 Å². The molecule has 1 fully saturated rings. The van der Waals surface area contributed by atoms with Gasteiger partial charge in [-0.05, 0) is 25.3 Å². The molecule has 2 rings (SSSR count). The molecular formula is C19H17F11O3. The molecule has 0 saturated heterocycles. The van der Waals surface area contributed by atoms with Crippen LogP contribution in [-0.4, -0.2) is 58.6 Å². The van der Waals surface area contributed by atoms with E-state index in [9.17, 15) is 53.8 Å². The van der Waals surface area contributed by atoms with Crippen LogP contribution in [0.3, 0.4) is 0 Å². The fraction of sp³-hybridized carbons (Fsp3) is 0.632. The number of aliphatic hydroxyl groups is 1. The molecule has 1 atom stereocenters. The van der Waals surface area contributed by atoms with Gasteiger partial charge < -0.3 is 9.84 Å². The number of esters is 1. The molecule has 1 N–H and O–H groups in total. The SMILES string of the molecule is CCOC(=O)C(O)(CCc1ccccc1)CC1(F)C(F)(F)C(F)(F)C(F)(F)C(F)(F)C1(F)F. The lowest BCUT2D eigenvalue weighted by Gasteiger charge is -2.53. The first-order valence-corrected chi connectivity index (χ1v) is 9.28. The quantitative estimate of drug-likeness (QED) is 0.412. The van der Waals surface area contributed by atoms with E-state index in [0.717, 1.165) is 6.92 Å². The number of hydrogen-bond donors (Lipinski definition) is 1. The number of aryl methyl sites for hydroxylation is 1. The van der Waals surface area contributed by atoms with Crippen molar-refractivity contribution in [2.24, 2.45) is 0 Å². The zero-order chi connectivity index (χ0) is 25.7. The van der Waals surface area contributed by atoms with E-state index in [2.05, 4.69) is 4.74 Å². The van der Waals surface area contributed by atoms with Crippen LogP contribution in [0.4, 0.5) is 48.3 Å². The van der Waals surface area contributed by atoms with Crippen LogP contribution < -0.4 is 0 Å². The normalized spacial score (nSPS) is 25.6. The first-order valence-electron chi connectivity index (χ1n) is 9.28. The van der Waals surface area contributed by atoms with Gasteiger partial charge in [0.05, 0.1) is 6.61 Å². The molecule has 1 aromatic carbocycles. The lowest BCUT2D eigenvalue weighted by atomic mass is 9.67. The molecule has 0 bridgehead atoms. The number of alkyl halides is 11. The molecule has 1 saturated carbocycles. The first-order chi connectivity index (χ1) is 14.8. The van der Waals surface area contributed by atoms with Crippen molar-refractivity contribution in [1.29, 1.82) is 0 Å². The van der Waals surface area contributed by atoms with Crippen molar-refractivity contribution in [3.05, 3.63) is 35.9 Å². The Morgan fingerprint density at radius 1 is 0.818 bits per heavy atom. The van der Waals surface area contributed by atoms with Crippen LogP contribution in [-0.2, 0) is 16.0 Å². The largest absolute Gasteiger partial charge is 0.464 e. The van der Waals surface area contributed by atoms with Gasteiger partial charge in [0.1, 0.15) is 0 Å². The van der Waals surface area contributed by atoms with Gasteiger partial charge >= 0.3 is 35.6 Å². The number of carbonyl (C=O) groups excluding carboxylic acids is 1. The van der Waals surface area contributed by atoms with E-state index in [4.69, 9.17) is 0 Å². The first kappa shape index (κ1) is 27.1. The molecule has 0 spiro atoms. The molecule has 1 aliphatic rings. The average Bonchev–Trinajstić information content (AvgIpc) is 2.71. The third-order valence-corrected chi connectivity index (χ3v) is 5.43. The highest BCUT2D eigenvalue weighted by molar-refractivity contribution is 5.79. The van der Waals surface area contributed by atoms with Gasteiger partial charge in [-0.2, -0.15) is 43.9 Å². The second kappa shape index (κ2) is 7.98. The van der Waals surface area contributed by atoms with Gasteiger partial charge in [0.2, 0.25) is 0 Å². The maximum atomic E-state index is 15.1. The monoisotopic (exact) mass is 502 g/mol. The van der Waals surface area contributed by atoms with Crippen molar-refractivity contribution in [2.45, 2.75) is 67.1 Å². The molecule has 0 amide bonds. The number of rotatable bonds is 7. The molecule has 0 radical (unpaired) electrons. The second-order valence-electron chi connectivity index (χ2n) is 7.59. The van der Waals surface area contributed by atoms with Crippen molar-refractivity contribution in [3.8, 4) is 0 Å². The van der Waals surface area contributed by atoms with E-state index >= 15 is 4.39 Å². The number of ether oxygens (including phenoxy) is 1. The molecule has 33 heavy (non-hydrogen) atoms. The average molecular weight is 502 g/mol. The molecule has 188 valence electrons. The van der Waals surface area contributed by atoms with E-state index in [1.165, 1.54) is 30.3 Å². The van der Waals surface area contributed by atoms with E-state index in [-0.39, 0.29) is 5.56 Å². The summed E-state index contributed by atoms with van der Waals surface area (Å²) >= 11 is 0. The minimum Gasteiger partial charge on any atom is -0.464 e. The summed E-state index contributed by atoms with van der Waals surface area (Å²) in [5.74, 6) is -38.4. The smallest absolute Gasteiger partial charge is 0.384 e. The second-order valence-corrected chi connectivity index (χ2v) is 7.59. The summed E-state index contributed by atoms with van der Waals surface area (Å²) in [6, 6.07) is 6.95. The fourth-order valence-corrected chi connectivity index (χ4v) is 3.44. The summed E-state index contributed by atoms with van der Waals surface area (Å²) in [5.41, 5.74) is -10.1. The maximum Gasteiger partial charge on any atom is 0.384 e. The number of halogens is 11. The number of benzene rings is 1. The summed E-state index contributed by atoms with van der Waals surface area (Å²) in [5, 5.41) is 10.5. The zero-order valence-corrected chi connectivity index (χ0v) is 16.6. The third-order valence-electron chi connectivity index (χ3n) is 5.43. The van der Waals surface area contributed by atoms with Crippen LogP contribution >= 0.6 is 0 Å². The maximum absolute atomic E-state index is 15.1. The number of hydrogen-bond acceptors (Lipinski definition) is 3. The third kappa shape index (κ3) is 3.55. The molecule has 1 aromatic rings. The molecule has 1 unspecified atom stereocenters. The standard InChI is InChI=1S/C19H17F11O3/c1-2-33-12(31)13(32,9-8-11-6-4-3-5-7-11)10-14(20)15(21,22)17(25,26)19(29,30)18(27,28)16(14,23)24/h3-7,32H,2,8-10H2,1H3. The van der Waals surface area contributed by atoms with Gasteiger partial charge in [0.25, 0.3) is 5.67 Å². The summed E-state index contributed by atoms with van der Waals surface area (Å²) in [6.07, 6.45) is -4.87. The van der Waals surface area contributed by atoms with Crippen LogP contribution in [0.1, 0.15) is 25.3 Å². The summed E-state index contributed by atoms with van der Waals surface area (Å²) in [6.45, 7) is 0.427. The molecule has 0 aliphatic heterocycles. The van der Waals surface area contributed by atoms with Crippen LogP contribution in [0, 0.1) is 0 Å². The minimum absolute atomic E-state index is 0.206. The molecule has 0 heterocycles. The summed E-state index contributed by atoms with van der Waals surface area (Å²) in [4.78, 5) is 12.1. The zero-order valence-electron chi connectivity index (χ0n) is 16.6.